The molecule has 0 aromatic rings. The fourth-order valence-electron chi connectivity index (χ4n) is 6.33. The van der Waals surface area contributed by atoms with Crippen LogP contribution in [0.15, 0.2) is 72.9 Å². The highest BCUT2D eigenvalue weighted by Crippen LogP contribution is 2.14. The lowest BCUT2D eigenvalue weighted by Crippen LogP contribution is -2.50. The molecule has 1 N–H and O–H groups in total. The molecule has 0 spiro atoms. The van der Waals surface area contributed by atoms with Gasteiger partial charge in [-0.15, -0.1) is 0 Å². The second-order valence-electron chi connectivity index (χ2n) is 16.3. The van der Waals surface area contributed by atoms with Gasteiger partial charge in [-0.3, -0.25) is 9.59 Å². The third kappa shape index (κ3) is 38.3. The first-order chi connectivity index (χ1) is 28.1. The lowest BCUT2D eigenvalue weighted by Gasteiger charge is -2.31. The summed E-state index contributed by atoms with van der Waals surface area (Å²) in [4.78, 5) is 37.0. The number of unbranched alkanes of at least 4 members (excludes halogenated alkanes) is 14. The van der Waals surface area contributed by atoms with Crippen LogP contribution in [0, 0.1) is 0 Å². The molecule has 0 aliphatic carbocycles. The number of hydrogen-bond donors (Lipinski definition) is 1. The molecule has 0 aliphatic heterocycles. The van der Waals surface area contributed by atoms with Crippen LogP contribution in [0.25, 0.3) is 0 Å². The number of ether oxygens (including phenoxy) is 3. The molecule has 0 aliphatic rings. The second-order valence-corrected chi connectivity index (χ2v) is 16.3. The molecule has 0 saturated heterocycles. The number of allylic oxidation sites excluding steroid dienone is 12. The number of hydrogen-bond acceptors (Lipinski definition) is 6. The molecule has 0 heterocycles. The van der Waals surface area contributed by atoms with E-state index in [9.17, 15) is 19.5 Å². The number of carbonyl (C=O) groups excluding carboxylic acids is 2. The van der Waals surface area contributed by atoms with Crippen LogP contribution >= 0.6 is 0 Å². The maximum Gasteiger partial charge on any atom is 0.362 e. The van der Waals surface area contributed by atoms with Crippen molar-refractivity contribution >= 4 is 17.9 Å². The van der Waals surface area contributed by atoms with Gasteiger partial charge in [-0.1, -0.05) is 164 Å². The zero-order chi connectivity index (χ0) is 42.8. The molecule has 0 aromatic carbocycles. The Bertz CT molecular complexity index is 1180. The van der Waals surface area contributed by atoms with Gasteiger partial charge in [0, 0.05) is 19.3 Å². The Balaban J connectivity index is 4.39. The normalized spacial score (nSPS) is 13.6. The van der Waals surface area contributed by atoms with Gasteiger partial charge in [0.25, 0.3) is 0 Å². The Morgan fingerprint density at radius 2 is 0.966 bits per heavy atom. The lowest BCUT2D eigenvalue weighted by atomic mass is 10.0. The van der Waals surface area contributed by atoms with Crippen molar-refractivity contribution in [1.29, 1.82) is 0 Å². The zero-order valence-corrected chi connectivity index (χ0v) is 37.7. The van der Waals surface area contributed by atoms with Crippen molar-refractivity contribution in [1.82, 2.24) is 0 Å². The largest absolute Gasteiger partial charge is 0.477 e. The van der Waals surface area contributed by atoms with Crippen LogP contribution in [0.2, 0.25) is 0 Å². The number of rotatable bonds is 40. The minimum absolute atomic E-state index is 0.0454. The summed E-state index contributed by atoms with van der Waals surface area (Å²) in [5.41, 5.74) is 0. The number of quaternary nitrogens is 1. The highest BCUT2D eigenvalue weighted by atomic mass is 16.6. The van der Waals surface area contributed by atoms with Gasteiger partial charge in [0.15, 0.2) is 12.1 Å². The monoisotopic (exact) mass is 813 g/mol. The zero-order valence-electron chi connectivity index (χ0n) is 37.7. The van der Waals surface area contributed by atoms with Gasteiger partial charge >= 0.3 is 17.9 Å². The Labute approximate surface area is 355 Å². The van der Waals surface area contributed by atoms with Crippen molar-refractivity contribution in [3.8, 4) is 0 Å². The molecule has 2 atom stereocenters. The summed E-state index contributed by atoms with van der Waals surface area (Å²) in [6, 6.07) is -0.623. The van der Waals surface area contributed by atoms with Crippen LogP contribution < -0.4 is 0 Å². The minimum atomic E-state index is -0.883. The maximum atomic E-state index is 12.7. The van der Waals surface area contributed by atoms with Crippen LogP contribution in [-0.2, 0) is 28.6 Å². The molecule has 8 heteroatoms. The topological polar surface area (TPSA) is 99.1 Å². The SMILES string of the molecule is CC/C=C/C/C=C/C/C=C/C/C=C/C/C=C/C/C=C/CCCCCC(=O)OC(COCCC(C(=O)O)[N+](C)(C)C)COC(=O)CCCCCCCCCCCCCC. The number of aliphatic carboxylic acids is 1. The number of nitrogens with zero attached hydrogens (tertiary/aromatic N) is 1. The van der Waals surface area contributed by atoms with E-state index < -0.39 is 18.1 Å². The first-order valence-electron chi connectivity index (χ1n) is 23.0. The van der Waals surface area contributed by atoms with E-state index in [0.29, 0.717) is 12.8 Å². The molecule has 0 aromatic heterocycles. The van der Waals surface area contributed by atoms with E-state index in [1.165, 1.54) is 57.8 Å². The van der Waals surface area contributed by atoms with Gasteiger partial charge < -0.3 is 23.8 Å². The summed E-state index contributed by atoms with van der Waals surface area (Å²) < 4.78 is 17.2. The fourth-order valence-corrected chi connectivity index (χ4v) is 6.33. The summed E-state index contributed by atoms with van der Waals surface area (Å²) in [6.45, 7) is 4.57. The van der Waals surface area contributed by atoms with Gasteiger partial charge in [-0.05, 0) is 64.2 Å². The summed E-state index contributed by atoms with van der Waals surface area (Å²) in [5, 5.41) is 9.62. The maximum absolute atomic E-state index is 12.7. The molecule has 2 unspecified atom stereocenters. The van der Waals surface area contributed by atoms with Gasteiger partial charge in [0.2, 0.25) is 0 Å². The number of likely N-dealkylation sites (N-methyl/N-ethyl adjacent to an activating group) is 1. The van der Waals surface area contributed by atoms with Crippen LogP contribution in [-0.4, -0.2) is 80.6 Å². The molecule has 0 saturated carbocycles. The highest BCUT2D eigenvalue weighted by molar-refractivity contribution is 5.72. The van der Waals surface area contributed by atoms with Crippen LogP contribution in [0.5, 0.6) is 0 Å². The van der Waals surface area contributed by atoms with E-state index in [0.717, 1.165) is 83.5 Å². The molecule has 0 rings (SSSR count). The molecule has 0 bridgehead atoms. The lowest BCUT2D eigenvalue weighted by molar-refractivity contribution is -0.887. The Hall–Kier alpha value is -3.23. The molecule has 8 nitrogen and oxygen atoms in total. The molecular formula is C50H86NO7+. The number of carboxylic acids is 1. The number of carboxylic acid groups (broad SMARTS) is 1. The van der Waals surface area contributed by atoms with Gasteiger partial charge in [0.1, 0.15) is 6.61 Å². The van der Waals surface area contributed by atoms with Crippen LogP contribution in [0.1, 0.15) is 174 Å². The summed E-state index contributed by atoms with van der Waals surface area (Å²) in [5.74, 6) is -1.51. The van der Waals surface area contributed by atoms with E-state index in [1.54, 1.807) is 0 Å². The van der Waals surface area contributed by atoms with Crippen molar-refractivity contribution in [2.45, 2.75) is 187 Å². The number of carbonyl (C=O) groups is 3. The van der Waals surface area contributed by atoms with Crippen molar-refractivity contribution < 1.29 is 38.2 Å². The Morgan fingerprint density at radius 1 is 0.534 bits per heavy atom. The predicted octanol–water partition coefficient (Wildman–Crippen LogP) is 12.7. The summed E-state index contributed by atoms with van der Waals surface area (Å²) in [7, 11) is 5.51. The highest BCUT2D eigenvalue weighted by Gasteiger charge is 2.31. The van der Waals surface area contributed by atoms with Gasteiger partial charge in [-0.25, -0.2) is 4.79 Å². The van der Waals surface area contributed by atoms with E-state index in [4.69, 9.17) is 14.2 Å². The van der Waals surface area contributed by atoms with Gasteiger partial charge in [-0.2, -0.15) is 0 Å². The standard InChI is InChI=1S/C50H85NO7/c1-6-8-10-12-14-16-18-20-21-22-23-24-25-26-27-28-29-31-33-35-37-39-41-49(53)58-46(44-56-43-42-47(50(54)55)51(3,4)5)45-57-48(52)40-38-36-34-32-30-19-17-15-13-11-9-7-2/h8,10,14,16,20-21,23-24,26-27,29,31,46-47H,6-7,9,11-13,15,17-19,22,25,28,30,32-45H2,1-5H3/p+1/b10-8+,16-14+,21-20+,24-23+,27-26+,31-29+. The molecule has 0 amide bonds. The third-order valence-electron chi connectivity index (χ3n) is 9.87. The van der Waals surface area contributed by atoms with Crippen LogP contribution in [0.3, 0.4) is 0 Å². The van der Waals surface area contributed by atoms with Crippen molar-refractivity contribution in [2.24, 2.45) is 0 Å². The van der Waals surface area contributed by atoms with E-state index in [-0.39, 0.29) is 42.7 Å². The molecule has 58 heavy (non-hydrogen) atoms. The predicted molar refractivity (Wildman–Crippen MR) is 243 cm³/mol. The molecule has 0 fully saturated rings. The van der Waals surface area contributed by atoms with Crippen molar-refractivity contribution in [2.75, 3.05) is 41.0 Å². The van der Waals surface area contributed by atoms with E-state index in [1.807, 2.05) is 21.1 Å². The minimum Gasteiger partial charge on any atom is -0.477 e. The molecular weight excluding hydrogens is 727 g/mol. The Morgan fingerprint density at radius 3 is 1.43 bits per heavy atom. The fraction of sp³-hybridized carbons (Fsp3) is 0.700. The third-order valence-corrected chi connectivity index (χ3v) is 9.87. The average molecular weight is 813 g/mol. The van der Waals surface area contributed by atoms with E-state index in [2.05, 4.69) is 86.8 Å². The van der Waals surface area contributed by atoms with Crippen LogP contribution in [0.4, 0.5) is 0 Å². The number of esters is 2. The van der Waals surface area contributed by atoms with E-state index >= 15 is 0 Å². The average Bonchev–Trinajstić information content (AvgIpc) is 3.18. The summed E-state index contributed by atoms with van der Waals surface area (Å²) >= 11 is 0. The summed E-state index contributed by atoms with van der Waals surface area (Å²) in [6.07, 6.45) is 50.9. The smallest absolute Gasteiger partial charge is 0.362 e. The van der Waals surface area contributed by atoms with Gasteiger partial charge in [0.05, 0.1) is 34.4 Å². The Kier molecular flexibility index (Phi) is 38.3. The first kappa shape index (κ1) is 54.8. The first-order valence-corrected chi connectivity index (χ1v) is 23.0. The van der Waals surface area contributed by atoms with Crippen molar-refractivity contribution in [3.05, 3.63) is 72.9 Å². The molecule has 332 valence electrons. The van der Waals surface area contributed by atoms with Crippen molar-refractivity contribution in [3.63, 3.8) is 0 Å². The molecule has 0 radical (unpaired) electrons. The quantitative estimate of drug-likeness (QED) is 0.0285. The second kappa shape index (κ2) is 40.5.